The number of carboxylic acid groups (broad SMARTS) is 1. The van der Waals surface area contributed by atoms with Crippen LogP contribution in [0.3, 0.4) is 0 Å². The molecule has 1 N–H and O–H groups in total. The number of rotatable bonds is 5. The first-order valence-electron chi connectivity index (χ1n) is 9.81. The molecule has 7 nitrogen and oxygen atoms in total. The smallest absolute Gasteiger partial charge is 0.475 e. The number of carbonyl (C=O) groups excluding carboxylic acids is 1. The first-order valence-corrected chi connectivity index (χ1v) is 10.8. The van der Waals surface area contributed by atoms with Crippen molar-refractivity contribution in [3.8, 4) is 0 Å². The maximum Gasteiger partial charge on any atom is 0.490 e. The van der Waals surface area contributed by atoms with Gasteiger partial charge in [0.15, 0.2) is 0 Å². The number of nitrogens with zero attached hydrogens (tertiary/aromatic N) is 4. The fourth-order valence-corrected chi connectivity index (χ4v) is 3.66. The lowest BCUT2D eigenvalue weighted by Crippen LogP contribution is -2.35. The Kier molecular flexibility index (Phi) is 8.63. The van der Waals surface area contributed by atoms with Gasteiger partial charge >= 0.3 is 12.1 Å². The highest BCUT2D eigenvalue weighted by molar-refractivity contribution is 7.08. The number of aliphatic carboxylic acids is 1. The zero-order chi connectivity index (χ0) is 23.2. The predicted molar refractivity (Wildman–Crippen MR) is 111 cm³/mol. The molecular formula is C20H27F3N4O3S. The van der Waals surface area contributed by atoms with Gasteiger partial charge in [0.25, 0.3) is 0 Å². The average molecular weight is 461 g/mol. The maximum absolute atomic E-state index is 12.5. The fourth-order valence-electron chi connectivity index (χ4n) is 2.99. The quantitative estimate of drug-likeness (QED) is 0.742. The molecule has 0 saturated heterocycles. The highest BCUT2D eigenvalue weighted by Crippen LogP contribution is 2.16. The van der Waals surface area contributed by atoms with Gasteiger partial charge in [0.2, 0.25) is 5.91 Å². The summed E-state index contributed by atoms with van der Waals surface area (Å²) in [5, 5.41) is 11.2. The number of thiophene rings is 1. The third-order valence-electron chi connectivity index (χ3n) is 5.04. The SMILES string of the molecule is CC(C)N(C)Cc1cnc2n1CCN(C(=O)Cc1ccsc1)CC2.O=C(O)C(F)(F)F. The fraction of sp³-hybridized carbons (Fsp3) is 0.550. The van der Waals surface area contributed by atoms with Gasteiger partial charge in [-0.1, -0.05) is 0 Å². The van der Waals surface area contributed by atoms with E-state index in [9.17, 15) is 18.0 Å². The Morgan fingerprint density at radius 3 is 2.52 bits per heavy atom. The molecule has 1 aliphatic heterocycles. The number of aromatic nitrogens is 2. The van der Waals surface area contributed by atoms with E-state index < -0.39 is 12.1 Å². The largest absolute Gasteiger partial charge is 0.490 e. The van der Waals surface area contributed by atoms with Gasteiger partial charge in [-0.15, -0.1) is 0 Å². The summed E-state index contributed by atoms with van der Waals surface area (Å²) in [6.07, 6.45) is -1.74. The van der Waals surface area contributed by atoms with E-state index in [4.69, 9.17) is 9.90 Å². The van der Waals surface area contributed by atoms with Crippen molar-refractivity contribution < 1.29 is 27.9 Å². The summed E-state index contributed by atoms with van der Waals surface area (Å²) < 4.78 is 34.0. The van der Waals surface area contributed by atoms with Gasteiger partial charge in [-0.2, -0.15) is 24.5 Å². The van der Waals surface area contributed by atoms with Crippen LogP contribution in [-0.4, -0.2) is 68.7 Å². The van der Waals surface area contributed by atoms with Crippen LogP contribution in [0.5, 0.6) is 0 Å². The van der Waals surface area contributed by atoms with Crippen LogP contribution in [0.2, 0.25) is 0 Å². The number of hydrogen-bond donors (Lipinski definition) is 1. The Morgan fingerprint density at radius 2 is 1.97 bits per heavy atom. The molecule has 0 radical (unpaired) electrons. The summed E-state index contributed by atoms with van der Waals surface area (Å²) in [7, 11) is 2.14. The molecule has 1 aliphatic rings. The van der Waals surface area contributed by atoms with E-state index in [0.29, 0.717) is 12.5 Å². The third-order valence-corrected chi connectivity index (χ3v) is 5.78. The number of carboxylic acids is 1. The molecule has 0 aromatic carbocycles. The lowest BCUT2D eigenvalue weighted by Gasteiger charge is -2.22. The summed E-state index contributed by atoms with van der Waals surface area (Å²) in [5.41, 5.74) is 2.36. The standard InChI is InChI=1S/C18H26N4OS.C2HF3O2/c1-14(2)20(3)12-16-11-19-17-4-6-21(7-8-22(16)17)18(23)10-15-5-9-24-13-15;3-2(4,5)1(6)7/h5,9,11,13-14H,4,6-8,10,12H2,1-3H3;(H,6,7). The zero-order valence-corrected chi connectivity index (χ0v) is 18.5. The minimum absolute atomic E-state index is 0.222. The molecule has 1 amide bonds. The summed E-state index contributed by atoms with van der Waals surface area (Å²) in [5.74, 6) is -1.43. The van der Waals surface area contributed by atoms with Crippen LogP contribution in [0.4, 0.5) is 13.2 Å². The van der Waals surface area contributed by atoms with Gasteiger partial charge in [0.05, 0.1) is 12.1 Å². The van der Waals surface area contributed by atoms with Gasteiger partial charge in [0.1, 0.15) is 5.82 Å². The van der Waals surface area contributed by atoms with E-state index >= 15 is 0 Å². The molecular weight excluding hydrogens is 433 g/mol. The molecule has 3 heterocycles. The van der Waals surface area contributed by atoms with Crippen molar-refractivity contribution in [2.24, 2.45) is 0 Å². The molecule has 0 spiro atoms. The predicted octanol–water partition coefficient (Wildman–Crippen LogP) is 3.05. The number of halogens is 3. The molecule has 11 heteroatoms. The second-order valence-electron chi connectivity index (χ2n) is 7.57. The second kappa shape index (κ2) is 10.8. The van der Waals surface area contributed by atoms with Gasteiger partial charge in [-0.25, -0.2) is 9.78 Å². The second-order valence-corrected chi connectivity index (χ2v) is 8.35. The average Bonchev–Trinajstić information content (AvgIpc) is 3.26. The van der Waals surface area contributed by atoms with Gasteiger partial charge < -0.3 is 14.6 Å². The number of imidazole rings is 1. The Morgan fingerprint density at radius 1 is 1.29 bits per heavy atom. The number of carbonyl (C=O) groups is 2. The van der Waals surface area contributed by atoms with Crippen LogP contribution in [0.1, 0.15) is 30.9 Å². The van der Waals surface area contributed by atoms with Crippen LogP contribution in [0.15, 0.2) is 23.0 Å². The maximum atomic E-state index is 12.5. The lowest BCUT2D eigenvalue weighted by atomic mass is 10.2. The first kappa shape index (κ1) is 24.9. The van der Waals surface area contributed by atoms with Crippen LogP contribution >= 0.6 is 11.3 Å². The molecule has 0 saturated carbocycles. The van der Waals surface area contributed by atoms with Crippen molar-refractivity contribution in [1.29, 1.82) is 0 Å². The van der Waals surface area contributed by atoms with Crippen LogP contribution in [0, 0.1) is 0 Å². The van der Waals surface area contributed by atoms with Crippen LogP contribution in [0.25, 0.3) is 0 Å². The monoisotopic (exact) mass is 460 g/mol. The summed E-state index contributed by atoms with van der Waals surface area (Å²) >= 11 is 1.64. The highest BCUT2D eigenvalue weighted by Gasteiger charge is 2.38. The summed E-state index contributed by atoms with van der Waals surface area (Å²) in [4.78, 5) is 30.3. The number of hydrogen-bond acceptors (Lipinski definition) is 5. The van der Waals surface area contributed by atoms with Crippen molar-refractivity contribution >= 4 is 23.2 Å². The van der Waals surface area contributed by atoms with Gasteiger partial charge in [-0.3, -0.25) is 9.69 Å². The van der Waals surface area contributed by atoms with Crippen molar-refractivity contribution in [1.82, 2.24) is 19.4 Å². The lowest BCUT2D eigenvalue weighted by molar-refractivity contribution is -0.192. The van der Waals surface area contributed by atoms with Crippen LogP contribution < -0.4 is 0 Å². The molecule has 2 aromatic rings. The van der Waals surface area contributed by atoms with Crippen molar-refractivity contribution in [2.75, 3.05) is 20.1 Å². The Bertz CT molecular complexity index is 866. The molecule has 0 aliphatic carbocycles. The number of alkyl halides is 3. The van der Waals surface area contributed by atoms with Gasteiger partial charge in [0, 0.05) is 44.8 Å². The zero-order valence-electron chi connectivity index (χ0n) is 17.7. The highest BCUT2D eigenvalue weighted by atomic mass is 32.1. The molecule has 0 fully saturated rings. The van der Waals surface area contributed by atoms with E-state index in [2.05, 4.69) is 40.7 Å². The minimum atomic E-state index is -5.08. The van der Waals surface area contributed by atoms with Crippen molar-refractivity contribution in [2.45, 2.75) is 52.0 Å². The summed E-state index contributed by atoms with van der Waals surface area (Å²) in [6, 6.07) is 2.54. The van der Waals surface area contributed by atoms with Crippen molar-refractivity contribution in [3.05, 3.63) is 40.1 Å². The molecule has 0 unspecified atom stereocenters. The molecule has 172 valence electrons. The van der Waals surface area contributed by atoms with E-state index in [1.54, 1.807) is 11.3 Å². The van der Waals surface area contributed by atoms with Crippen LogP contribution in [-0.2, 0) is 35.5 Å². The Labute approximate surface area is 183 Å². The van der Waals surface area contributed by atoms with Crippen molar-refractivity contribution in [3.63, 3.8) is 0 Å². The normalized spacial score (nSPS) is 14.1. The molecule has 31 heavy (non-hydrogen) atoms. The Hall–Kier alpha value is -2.40. The molecule has 0 bridgehead atoms. The first-order chi connectivity index (χ1) is 14.5. The van der Waals surface area contributed by atoms with E-state index in [1.165, 1.54) is 5.69 Å². The molecule has 0 atom stereocenters. The van der Waals surface area contributed by atoms with E-state index in [0.717, 1.165) is 44.0 Å². The van der Waals surface area contributed by atoms with Gasteiger partial charge in [-0.05, 0) is 43.3 Å². The van der Waals surface area contributed by atoms with E-state index in [1.807, 2.05) is 22.5 Å². The molecule has 3 rings (SSSR count). The topological polar surface area (TPSA) is 78.7 Å². The third kappa shape index (κ3) is 7.35. The Balaban J connectivity index is 0.000000423. The molecule has 2 aromatic heterocycles. The summed E-state index contributed by atoms with van der Waals surface area (Å²) in [6.45, 7) is 7.67. The number of amides is 1. The minimum Gasteiger partial charge on any atom is -0.475 e. The number of fused-ring (bicyclic) bond motifs is 1. The van der Waals surface area contributed by atoms with E-state index in [-0.39, 0.29) is 5.91 Å².